The van der Waals surface area contributed by atoms with E-state index in [1.807, 2.05) is 0 Å². The Labute approximate surface area is 201 Å². The molecule has 2 aromatic rings. The van der Waals surface area contributed by atoms with E-state index in [0.29, 0.717) is 11.1 Å². The number of allylic oxidation sites excluding steroid dienone is 2. The lowest BCUT2D eigenvalue weighted by Crippen LogP contribution is -2.44. The molecule has 0 heterocycles. The molecule has 0 aliphatic heterocycles. The second-order valence-corrected chi connectivity index (χ2v) is 7.58. The van der Waals surface area contributed by atoms with Crippen LogP contribution in [-0.4, -0.2) is 70.0 Å². The molecule has 0 aromatic heterocycles. The molecular weight excluding hydrogens is 460 g/mol. The second kappa shape index (κ2) is 12.5. The van der Waals surface area contributed by atoms with Crippen molar-refractivity contribution in [2.75, 3.05) is 26.9 Å². The van der Waals surface area contributed by atoms with Crippen LogP contribution in [-0.2, 0) is 14.4 Å². The highest BCUT2D eigenvalue weighted by molar-refractivity contribution is 6.10. The molecule has 0 saturated heterocycles. The Hall–Kier alpha value is -3.99. The summed E-state index contributed by atoms with van der Waals surface area (Å²) in [7, 11) is 1.32. The van der Waals surface area contributed by atoms with E-state index in [-0.39, 0.29) is 23.0 Å². The first-order chi connectivity index (χ1) is 16.7. The average molecular weight is 486 g/mol. The van der Waals surface area contributed by atoms with Gasteiger partial charge in [0.15, 0.2) is 34.6 Å². The first-order valence-corrected chi connectivity index (χ1v) is 10.3. The van der Waals surface area contributed by atoms with Crippen LogP contribution in [0.1, 0.15) is 17.5 Å². The summed E-state index contributed by atoms with van der Waals surface area (Å²) < 4.78 is 10.3. The summed E-state index contributed by atoms with van der Waals surface area (Å²) in [6, 6.07) is 8.38. The van der Waals surface area contributed by atoms with Gasteiger partial charge in [-0.05, 0) is 47.5 Å². The molecule has 2 aromatic carbocycles. The number of rotatable bonds is 12. The molecule has 0 aliphatic rings. The molecule has 10 heteroatoms. The molecular formula is C25H26O10. The molecule has 0 radical (unpaired) electrons. The number of aliphatic hydroxyl groups excluding tert-OH is 3. The van der Waals surface area contributed by atoms with Gasteiger partial charge in [0.1, 0.15) is 5.41 Å². The fraction of sp³-hybridized carbons (Fsp3) is 0.240. The van der Waals surface area contributed by atoms with Gasteiger partial charge in [0.05, 0.1) is 33.4 Å². The topological polar surface area (TPSA) is 171 Å². The zero-order chi connectivity index (χ0) is 26.0. The molecule has 186 valence electrons. The van der Waals surface area contributed by atoms with Crippen LogP contribution in [0.25, 0.3) is 12.2 Å². The van der Waals surface area contributed by atoms with E-state index in [0.717, 1.165) is 0 Å². The van der Waals surface area contributed by atoms with Crippen molar-refractivity contribution in [2.24, 2.45) is 5.41 Å². The Morgan fingerprint density at radius 2 is 1.34 bits per heavy atom. The molecule has 5 N–H and O–H groups in total. The van der Waals surface area contributed by atoms with E-state index < -0.39 is 49.2 Å². The minimum Gasteiger partial charge on any atom is -0.504 e. The number of methoxy groups -OCH3 is 1. The number of benzene rings is 2. The SMILES string of the molecule is COc1cc(/C=C/C(=O)CC(=O)/C=C/c2ccc(O)c(O)c2)ccc1OC(=O)C(CO)(CO)CO. The molecule has 0 unspecified atom stereocenters. The minimum atomic E-state index is -1.88. The number of carbonyl (C=O) groups is 3. The van der Waals surface area contributed by atoms with Crippen LogP contribution < -0.4 is 9.47 Å². The number of hydrogen-bond acceptors (Lipinski definition) is 10. The predicted octanol–water partition coefficient (Wildman–Crippen LogP) is 1.23. The summed E-state index contributed by atoms with van der Waals surface area (Å²) in [4.78, 5) is 36.4. The van der Waals surface area contributed by atoms with E-state index in [2.05, 4.69) is 0 Å². The number of esters is 1. The summed E-state index contributed by atoms with van der Waals surface area (Å²) in [6.07, 6.45) is 4.84. The fourth-order valence-corrected chi connectivity index (χ4v) is 2.74. The Kier molecular flexibility index (Phi) is 9.71. The molecule has 0 bridgehead atoms. The van der Waals surface area contributed by atoms with Gasteiger partial charge < -0.3 is 35.0 Å². The lowest BCUT2D eigenvalue weighted by molar-refractivity contribution is -0.155. The lowest BCUT2D eigenvalue weighted by atomic mass is 9.91. The monoisotopic (exact) mass is 486 g/mol. The van der Waals surface area contributed by atoms with Crippen LogP contribution in [0.4, 0.5) is 0 Å². The van der Waals surface area contributed by atoms with Gasteiger partial charge in [-0.15, -0.1) is 0 Å². The van der Waals surface area contributed by atoms with Crippen LogP contribution in [0, 0.1) is 5.41 Å². The van der Waals surface area contributed by atoms with Crippen molar-refractivity contribution in [3.8, 4) is 23.0 Å². The predicted molar refractivity (Wildman–Crippen MR) is 125 cm³/mol. The maximum atomic E-state index is 12.3. The first-order valence-electron chi connectivity index (χ1n) is 10.3. The molecule has 2 rings (SSSR count). The molecule has 0 amide bonds. The number of aliphatic hydroxyl groups is 3. The third kappa shape index (κ3) is 7.24. The highest BCUT2D eigenvalue weighted by Crippen LogP contribution is 2.31. The zero-order valence-corrected chi connectivity index (χ0v) is 18.9. The minimum absolute atomic E-state index is 0.0266. The van der Waals surface area contributed by atoms with Gasteiger partial charge in [0.25, 0.3) is 0 Å². The molecule has 0 atom stereocenters. The van der Waals surface area contributed by atoms with Gasteiger partial charge in [-0.1, -0.05) is 24.3 Å². The molecule has 0 saturated carbocycles. The van der Waals surface area contributed by atoms with Crippen molar-refractivity contribution in [3.05, 3.63) is 59.7 Å². The Morgan fingerprint density at radius 1 is 0.800 bits per heavy atom. The maximum Gasteiger partial charge on any atom is 0.324 e. The number of carbonyl (C=O) groups excluding carboxylic acids is 3. The summed E-state index contributed by atoms with van der Waals surface area (Å²) in [5.41, 5.74) is -0.909. The van der Waals surface area contributed by atoms with E-state index in [1.54, 1.807) is 0 Å². The number of aromatic hydroxyl groups is 2. The summed E-state index contributed by atoms with van der Waals surface area (Å²) in [5.74, 6) is -2.51. The molecule has 0 spiro atoms. The lowest BCUT2D eigenvalue weighted by Gasteiger charge is -2.25. The average Bonchev–Trinajstić information content (AvgIpc) is 2.85. The summed E-state index contributed by atoms with van der Waals surface area (Å²) in [6.45, 7) is -2.47. The first kappa shape index (κ1) is 27.3. The fourth-order valence-electron chi connectivity index (χ4n) is 2.74. The van der Waals surface area contributed by atoms with E-state index in [1.165, 1.54) is 67.8 Å². The molecule has 0 aliphatic carbocycles. The third-order valence-electron chi connectivity index (χ3n) is 5.00. The summed E-state index contributed by atoms with van der Waals surface area (Å²) in [5, 5.41) is 46.8. The van der Waals surface area contributed by atoms with Gasteiger partial charge >= 0.3 is 5.97 Å². The van der Waals surface area contributed by atoms with Crippen LogP contribution in [0.15, 0.2) is 48.6 Å². The Bertz CT molecular complexity index is 1120. The second-order valence-electron chi connectivity index (χ2n) is 7.58. The normalized spacial score (nSPS) is 11.7. The van der Waals surface area contributed by atoms with Gasteiger partial charge in [-0.3, -0.25) is 14.4 Å². The van der Waals surface area contributed by atoms with E-state index in [4.69, 9.17) is 9.47 Å². The Balaban J connectivity index is 2.03. The summed E-state index contributed by atoms with van der Waals surface area (Å²) >= 11 is 0. The van der Waals surface area contributed by atoms with Crippen LogP contribution in [0.3, 0.4) is 0 Å². The number of phenolic OH excluding ortho intramolecular Hbond substituents is 2. The van der Waals surface area contributed by atoms with Crippen molar-refractivity contribution in [2.45, 2.75) is 6.42 Å². The largest absolute Gasteiger partial charge is 0.504 e. The molecule has 10 nitrogen and oxygen atoms in total. The van der Waals surface area contributed by atoms with Crippen molar-refractivity contribution in [3.63, 3.8) is 0 Å². The standard InChI is InChI=1S/C25H26O10/c1-34-23-11-17(5-9-22(23)35-24(33)25(13-26,14-27)15-28)3-7-19(30)12-18(29)6-2-16-4-8-20(31)21(32)10-16/h2-11,26-28,31-32H,12-15H2,1H3/b6-2+,7-3+. The number of ether oxygens (including phenoxy) is 2. The van der Waals surface area contributed by atoms with Crippen molar-refractivity contribution in [1.29, 1.82) is 0 Å². The van der Waals surface area contributed by atoms with Crippen LogP contribution >= 0.6 is 0 Å². The smallest absolute Gasteiger partial charge is 0.324 e. The van der Waals surface area contributed by atoms with Crippen LogP contribution in [0.5, 0.6) is 23.0 Å². The number of phenols is 2. The highest BCUT2D eigenvalue weighted by Gasteiger charge is 2.39. The van der Waals surface area contributed by atoms with Crippen molar-refractivity contribution >= 4 is 29.7 Å². The molecule has 0 fully saturated rings. The zero-order valence-electron chi connectivity index (χ0n) is 18.9. The maximum absolute atomic E-state index is 12.3. The number of hydrogen-bond donors (Lipinski definition) is 5. The van der Waals surface area contributed by atoms with Gasteiger partial charge in [0, 0.05) is 0 Å². The van der Waals surface area contributed by atoms with Crippen LogP contribution in [0.2, 0.25) is 0 Å². The van der Waals surface area contributed by atoms with Gasteiger partial charge in [0.2, 0.25) is 0 Å². The van der Waals surface area contributed by atoms with Crippen molar-refractivity contribution in [1.82, 2.24) is 0 Å². The van der Waals surface area contributed by atoms with Gasteiger partial charge in [-0.25, -0.2) is 0 Å². The Morgan fingerprint density at radius 3 is 1.86 bits per heavy atom. The molecule has 35 heavy (non-hydrogen) atoms. The highest BCUT2D eigenvalue weighted by atomic mass is 16.6. The van der Waals surface area contributed by atoms with Crippen molar-refractivity contribution < 1.29 is 49.4 Å². The van der Waals surface area contributed by atoms with E-state index in [9.17, 15) is 39.9 Å². The number of ketones is 2. The third-order valence-corrected chi connectivity index (χ3v) is 5.00. The quantitative estimate of drug-likeness (QED) is 0.0966. The van der Waals surface area contributed by atoms with Gasteiger partial charge in [-0.2, -0.15) is 0 Å². The van der Waals surface area contributed by atoms with E-state index >= 15 is 0 Å².